The third-order valence-corrected chi connectivity index (χ3v) is 3.42. The number of hydrogen-bond donors (Lipinski definition) is 2. The maximum absolute atomic E-state index is 12.2. The quantitative estimate of drug-likeness (QED) is 0.633. The number of amides is 1. The number of carbonyl (C=O) groups is 1. The van der Waals surface area contributed by atoms with Gasteiger partial charge in [-0.05, 0) is 38.6 Å². The molecule has 1 unspecified atom stereocenters. The van der Waals surface area contributed by atoms with Crippen LogP contribution >= 0.6 is 0 Å². The SMILES string of the molecule is CCCC1(C(=O)NCCCCOC)CCCN1. The number of unbranched alkanes of at least 4 members (excludes halogenated alkanes) is 1. The van der Waals surface area contributed by atoms with Gasteiger partial charge in [-0.1, -0.05) is 13.3 Å². The summed E-state index contributed by atoms with van der Waals surface area (Å²) >= 11 is 0. The highest BCUT2D eigenvalue weighted by Crippen LogP contribution is 2.24. The molecule has 4 nitrogen and oxygen atoms in total. The van der Waals surface area contributed by atoms with Crippen LogP contribution in [0.5, 0.6) is 0 Å². The fraction of sp³-hybridized carbons (Fsp3) is 0.923. The van der Waals surface area contributed by atoms with Crippen molar-refractivity contribution in [2.75, 3.05) is 26.8 Å². The third-order valence-electron chi connectivity index (χ3n) is 3.42. The molecule has 1 aliphatic heterocycles. The van der Waals surface area contributed by atoms with Crippen molar-refractivity contribution >= 4 is 5.91 Å². The maximum Gasteiger partial charge on any atom is 0.240 e. The normalized spacial score (nSPS) is 23.9. The van der Waals surface area contributed by atoms with Gasteiger partial charge >= 0.3 is 0 Å². The van der Waals surface area contributed by atoms with Gasteiger partial charge in [-0.15, -0.1) is 0 Å². The van der Waals surface area contributed by atoms with E-state index in [4.69, 9.17) is 4.74 Å². The lowest BCUT2D eigenvalue weighted by molar-refractivity contribution is -0.127. The summed E-state index contributed by atoms with van der Waals surface area (Å²) in [7, 11) is 1.71. The molecule has 0 radical (unpaired) electrons. The van der Waals surface area contributed by atoms with Crippen molar-refractivity contribution in [3.63, 3.8) is 0 Å². The molecule has 0 saturated carbocycles. The molecule has 1 heterocycles. The van der Waals surface area contributed by atoms with Crippen LogP contribution in [-0.4, -0.2) is 38.3 Å². The number of rotatable bonds is 8. The molecule has 1 atom stereocenters. The number of carbonyl (C=O) groups excluding carboxylic acids is 1. The van der Waals surface area contributed by atoms with Crippen LogP contribution in [0.2, 0.25) is 0 Å². The lowest BCUT2D eigenvalue weighted by Crippen LogP contribution is -2.53. The fourth-order valence-corrected chi connectivity index (χ4v) is 2.50. The molecule has 0 aliphatic carbocycles. The van der Waals surface area contributed by atoms with Gasteiger partial charge in [-0.3, -0.25) is 4.79 Å². The van der Waals surface area contributed by atoms with Crippen LogP contribution in [0.4, 0.5) is 0 Å². The highest BCUT2D eigenvalue weighted by Gasteiger charge is 2.39. The second-order valence-corrected chi connectivity index (χ2v) is 4.82. The fourth-order valence-electron chi connectivity index (χ4n) is 2.50. The number of methoxy groups -OCH3 is 1. The second-order valence-electron chi connectivity index (χ2n) is 4.82. The molecule has 17 heavy (non-hydrogen) atoms. The summed E-state index contributed by atoms with van der Waals surface area (Å²) in [6, 6.07) is 0. The first-order valence-electron chi connectivity index (χ1n) is 6.77. The van der Waals surface area contributed by atoms with Crippen molar-refractivity contribution in [3.8, 4) is 0 Å². The van der Waals surface area contributed by atoms with Crippen LogP contribution in [0, 0.1) is 0 Å². The number of hydrogen-bond acceptors (Lipinski definition) is 3. The van der Waals surface area contributed by atoms with Crippen molar-refractivity contribution in [2.24, 2.45) is 0 Å². The van der Waals surface area contributed by atoms with Gasteiger partial charge in [0.1, 0.15) is 0 Å². The summed E-state index contributed by atoms with van der Waals surface area (Å²) in [4.78, 5) is 12.2. The Morgan fingerprint density at radius 3 is 2.88 bits per heavy atom. The van der Waals surface area contributed by atoms with Gasteiger partial charge in [0, 0.05) is 20.3 Å². The van der Waals surface area contributed by atoms with E-state index >= 15 is 0 Å². The smallest absolute Gasteiger partial charge is 0.240 e. The van der Waals surface area contributed by atoms with Crippen molar-refractivity contribution < 1.29 is 9.53 Å². The minimum absolute atomic E-state index is 0.189. The van der Waals surface area contributed by atoms with E-state index in [0.717, 1.165) is 58.2 Å². The molecule has 1 rings (SSSR count). The molecular formula is C13H26N2O2. The summed E-state index contributed by atoms with van der Waals surface area (Å²) in [5.74, 6) is 0.189. The van der Waals surface area contributed by atoms with Gasteiger partial charge in [0.15, 0.2) is 0 Å². The Hall–Kier alpha value is -0.610. The van der Waals surface area contributed by atoms with Crippen LogP contribution in [0.15, 0.2) is 0 Å². The van der Waals surface area contributed by atoms with Crippen LogP contribution in [-0.2, 0) is 9.53 Å². The Kier molecular flexibility index (Phi) is 6.52. The van der Waals surface area contributed by atoms with Gasteiger partial charge in [0.05, 0.1) is 5.54 Å². The Morgan fingerprint density at radius 1 is 1.47 bits per heavy atom. The average Bonchev–Trinajstić information content (AvgIpc) is 2.79. The first kappa shape index (κ1) is 14.5. The van der Waals surface area contributed by atoms with E-state index in [1.165, 1.54) is 0 Å². The van der Waals surface area contributed by atoms with Crippen LogP contribution in [0.25, 0.3) is 0 Å². The Bertz CT molecular complexity index is 225. The van der Waals surface area contributed by atoms with E-state index in [-0.39, 0.29) is 11.4 Å². The Balaban J connectivity index is 2.28. The van der Waals surface area contributed by atoms with Gasteiger partial charge in [0.25, 0.3) is 0 Å². The molecule has 0 bridgehead atoms. The summed E-state index contributed by atoms with van der Waals surface area (Å²) in [5.41, 5.74) is -0.282. The zero-order chi connectivity index (χ0) is 12.6. The topological polar surface area (TPSA) is 50.4 Å². The first-order chi connectivity index (χ1) is 8.25. The van der Waals surface area contributed by atoms with E-state index < -0.39 is 0 Å². The lowest BCUT2D eigenvalue weighted by atomic mass is 9.91. The third kappa shape index (κ3) is 4.28. The predicted molar refractivity (Wildman–Crippen MR) is 69.0 cm³/mol. The zero-order valence-electron chi connectivity index (χ0n) is 11.2. The predicted octanol–water partition coefficient (Wildman–Crippen LogP) is 1.45. The Labute approximate surface area is 104 Å². The standard InChI is InChI=1S/C13H26N2O2/c1-3-7-13(8-6-10-15-13)12(16)14-9-4-5-11-17-2/h15H,3-11H2,1-2H3,(H,14,16). The highest BCUT2D eigenvalue weighted by molar-refractivity contribution is 5.86. The average molecular weight is 242 g/mol. The molecule has 100 valence electrons. The molecule has 0 spiro atoms. The molecule has 4 heteroatoms. The van der Waals surface area contributed by atoms with Crippen LogP contribution in [0.1, 0.15) is 45.4 Å². The second kappa shape index (κ2) is 7.67. The summed E-state index contributed by atoms with van der Waals surface area (Å²) < 4.78 is 4.98. The van der Waals surface area contributed by atoms with Crippen LogP contribution in [0.3, 0.4) is 0 Å². The van der Waals surface area contributed by atoms with Crippen molar-refractivity contribution in [2.45, 2.75) is 51.0 Å². The summed E-state index contributed by atoms with van der Waals surface area (Å²) in [5, 5.41) is 6.44. The van der Waals surface area contributed by atoms with Gasteiger partial charge in [-0.2, -0.15) is 0 Å². The summed E-state index contributed by atoms with van der Waals surface area (Å²) in [6.45, 7) is 4.63. The Morgan fingerprint density at radius 2 is 2.29 bits per heavy atom. The molecule has 1 fully saturated rings. The minimum atomic E-state index is -0.282. The lowest BCUT2D eigenvalue weighted by Gasteiger charge is -2.27. The maximum atomic E-state index is 12.2. The van der Waals surface area contributed by atoms with Gasteiger partial charge in [-0.25, -0.2) is 0 Å². The van der Waals surface area contributed by atoms with E-state index in [0.29, 0.717) is 0 Å². The molecule has 1 aliphatic rings. The zero-order valence-corrected chi connectivity index (χ0v) is 11.2. The molecule has 1 amide bonds. The van der Waals surface area contributed by atoms with E-state index in [1.54, 1.807) is 7.11 Å². The largest absolute Gasteiger partial charge is 0.385 e. The molecule has 0 aromatic rings. The highest BCUT2D eigenvalue weighted by atomic mass is 16.5. The minimum Gasteiger partial charge on any atom is -0.385 e. The molecule has 0 aromatic carbocycles. The van der Waals surface area contributed by atoms with Crippen molar-refractivity contribution in [3.05, 3.63) is 0 Å². The van der Waals surface area contributed by atoms with E-state index in [9.17, 15) is 4.79 Å². The van der Waals surface area contributed by atoms with E-state index in [1.807, 2.05) is 0 Å². The molecule has 2 N–H and O–H groups in total. The molecule has 0 aromatic heterocycles. The molecule has 1 saturated heterocycles. The number of nitrogens with one attached hydrogen (secondary N) is 2. The van der Waals surface area contributed by atoms with Crippen molar-refractivity contribution in [1.82, 2.24) is 10.6 Å². The van der Waals surface area contributed by atoms with Gasteiger partial charge in [0.2, 0.25) is 5.91 Å². The van der Waals surface area contributed by atoms with Gasteiger partial charge < -0.3 is 15.4 Å². The summed E-state index contributed by atoms with van der Waals surface area (Å²) in [6.07, 6.45) is 6.07. The van der Waals surface area contributed by atoms with Crippen molar-refractivity contribution in [1.29, 1.82) is 0 Å². The monoisotopic (exact) mass is 242 g/mol. The van der Waals surface area contributed by atoms with E-state index in [2.05, 4.69) is 17.6 Å². The number of ether oxygens (including phenoxy) is 1. The first-order valence-corrected chi connectivity index (χ1v) is 6.77. The molecular weight excluding hydrogens is 216 g/mol. The van der Waals surface area contributed by atoms with Crippen LogP contribution < -0.4 is 10.6 Å².